The van der Waals surface area contributed by atoms with Crippen molar-refractivity contribution in [1.82, 2.24) is 20.1 Å². The zero-order valence-corrected chi connectivity index (χ0v) is 17.2. The third kappa shape index (κ3) is 4.56. The zero-order chi connectivity index (χ0) is 20.9. The van der Waals surface area contributed by atoms with Gasteiger partial charge in [-0.3, -0.25) is 14.5 Å². The van der Waals surface area contributed by atoms with Crippen molar-refractivity contribution in [3.63, 3.8) is 0 Å². The molecule has 0 bridgehead atoms. The molecular formula is C22H26N4O3. The van der Waals surface area contributed by atoms with E-state index in [0.29, 0.717) is 24.5 Å². The van der Waals surface area contributed by atoms with Crippen molar-refractivity contribution in [2.24, 2.45) is 0 Å². The number of rotatable bonds is 8. The fraction of sp³-hybridized carbons (Fsp3) is 0.318. The van der Waals surface area contributed by atoms with E-state index in [1.807, 2.05) is 56.4 Å². The molecule has 1 aromatic carbocycles. The Morgan fingerprint density at radius 2 is 1.90 bits per heavy atom. The summed E-state index contributed by atoms with van der Waals surface area (Å²) in [6.07, 6.45) is 6.03. The number of nitrogens with zero attached hydrogens (tertiary/aromatic N) is 3. The van der Waals surface area contributed by atoms with Crippen LogP contribution in [-0.2, 0) is 16.8 Å². The van der Waals surface area contributed by atoms with Crippen molar-refractivity contribution in [3.8, 4) is 22.6 Å². The van der Waals surface area contributed by atoms with Crippen LogP contribution in [0.1, 0.15) is 19.5 Å². The predicted molar refractivity (Wildman–Crippen MR) is 111 cm³/mol. The van der Waals surface area contributed by atoms with E-state index in [2.05, 4.69) is 15.4 Å². The normalized spacial score (nSPS) is 11.2. The van der Waals surface area contributed by atoms with Crippen molar-refractivity contribution in [2.75, 3.05) is 20.8 Å². The average molecular weight is 394 g/mol. The minimum atomic E-state index is -0.834. The monoisotopic (exact) mass is 394 g/mol. The van der Waals surface area contributed by atoms with Crippen molar-refractivity contribution in [2.45, 2.75) is 25.8 Å². The van der Waals surface area contributed by atoms with Gasteiger partial charge in [-0.1, -0.05) is 12.1 Å². The quantitative estimate of drug-likeness (QED) is 0.635. The first-order chi connectivity index (χ1) is 14.0. The smallest absolute Gasteiger partial charge is 0.247 e. The molecule has 29 heavy (non-hydrogen) atoms. The minimum absolute atomic E-state index is 0.101. The Morgan fingerprint density at radius 3 is 2.59 bits per heavy atom. The van der Waals surface area contributed by atoms with Gasteiger partial charge >= 0.3 is 0 Å². The van der Waals surface area contributed by atoms with Crippen molar-refractivity contribution in [3.05, 3.63) is 60.7 Å². The molecule has 0 aliphatic rings. The van der Waals surface area contributed by atoms with Crippen LogP contribution in [0.5, 0.6) is 11.5 Å². The molecule has 0 aliphatic carbocycles. The summed E-state index contributed by atoms with van der Waals surface area (Å²) in [5.41, 5.74) is 1.93. The van der Waals surface area contributed by atoms with E-state index >= 15 is 0 Å². The number of hydrogen-bond acceptors (Lipinski definition) is 5. The molecule has 152 valence electrons. The molecule has 7 nitrogen and oxygen atoms in total. The summed E-state index contributed by atoms with van der Waals surface area (Å²) < 4.78 is 12.3. The summed E-state index contributed by atoms with van der Waals surface area (Å²) in [7, 11) is 3.20. The first-order valence-electron chi connectivity index (χ1n) is 9.41. The van der Waals surface area contributed by atoms with Crippen LogP contribution < -0.4 is 14.8 Å². The zero-order valence-electron chi connectivity index (χ0n) is 17.2. The van der Waals surface area contributed by atoms with Gasteiger partial charge in [0.1, 0.15) is 5.54 Å². The molecule has 3 aromatic rings. The van der Waals surface area contributed by atoms with E-state index in [1.165, 1.54) is 0 Å². The Balaban J connectivity index is 1.70. The van der Waals surface area contributed by atoms with E-state index in [4.69, 9.17) is 9.47 Å². The van der Waals surface area contributed by atoms with Gasteiger partial charge in [-0.25, -0.2) is 0 Å². The number of carbonyl (C=O) groups is 1. The number of amides is 1. The summed E-state index contributed by atoms with van der Waals surface area (Å²) in [5.74, 6) is 1.20. The molecule has 0 saturated carbocycles. The van der Waals surface area contributed by atoms with Crippen LogP contribution in [0.25, 0.3) is 11.1 Å². The van der Waals surface area contributed by atoms with Crippen LogP contribution in [0.3, 0.4) is 0 Å². The molecule has 1 N–H and O–H groups in total. The lowest BCUT2D eigenvalue weighted by Gasteiger charge is -2.24. The SMILES string of the molecule is COc1ccc(-c2cnn(C(C)(C)C(=O)NCCc3ccccn3)c2)cc1OC. The van der Waals surface area contributed by atoms with Crippen molar-refractivity contribution < 1.29 is 14.3 Å². The second-order valence-corrected chi connectivity index (χ2v) is 7.13. The maximum atomic E-state index is 12.8. The molecule has 2 heterocycles. The predicted octanol–water partition coefficient (Wildman–Crippen LogP) is 3.06. The van der Waals surface area contributed by atoms with E-state index in [-0.39, 0.29) is 5.91 Å². The molecule has 0 saturated heterocycles. The number of carbonyl (C=O) groups excluding carboxylic acids is 1. The molecule has 0 radical (unpaired) electrons. The number of pyridine rings is 1. The lowest BCUT2D eigenvalue weighted by Crippen LogP contribution is -2.45. The van der Waals surface area contributed by atoms with Crippen molar-refractivity contribution in [1.29, 1.82) is 0 Å². The lowest BCUT2D eigenvalue weighted by atomic mass is 10.0. The van der Waals surface area contributed by atoms with Gasteiger partial charge in [0.25, 0.3) is 0 Å². The molecule has 0 spiro atoms. The topological polar surface area (TPSA) is 78.3 Å². The Labute approximate surface area is 170 Å². The molecule has 0 atom stereocenters. The van der Waals surface area contributed by atoms with E-state index in [0.717, 1.165) is 16.8 Å². The standard InChI is InChI=1S/C22H26N4O3/c1-22(2,21(27)24-12-10-18-7-5-6-11-23-18)26-15-17(14-25-26)16-8-9-19(28-3)20(13-16)29-4/h5-9,11,13-15H,10,12H2,1-4H3,(H,24,27). The van der Waals surface area contributed by atoms with E-state index < -0.39 is 5.54 Å². The van der Waals surface area contributed by atoms with Gasteiger partial charge in [0.05, 0.1) is 20.4 Å². The Bertz CT molecular complexity index is 967. The van der Waals surface area contributed by atoms with E-state index in [9.17, 15) is 4.79 Å². The lowest BCUT2D eigenvalue weighted by molar-refractivity contribution is -0.128. The molecular weight excluding hydrogens is 368 g/mol. The van der Waals surface area contributed by atoms with Gasteiger partial charge in [-0.05, 0) is 43.7 Å². The number of ether oxygens (including phenoxy) is 2. The van der Waals surface area contributed by atoms with E-state index in [1.54, 1.807) is 31.3 Å². The fourth-order valence-electron chi connectivity index (χ4n) is 2.96. The molecule has 2 aromatic heterocycles. The van der Waals surface area contributed by atoms with Crippen LogP contribution in [0.15, 0.2) is 55.0 Å². The second-order valence-electron chi connectivity index (χ2n) is 7.13. The highest BCUT2D eigenvalue weighted by Crippen LogP contribution is 2.32. The summed E-state index contributed by atoms with van der Waals surface area (Å²) >= 11 is 0. The third-order valence-electron chi connectivity index (χ3n) is 4.82. The van der Waals surface area contributed by atoms with Gasteiger partial charge in [-0.15, -0.1) is 0 Å². The molecule has 0 unspecified atom stereocenters. The Kier molecular flexibility index (Phi) is 6.16. The van der Waals surface area contributed by atoms with Crippen LogP contribution in [-0.4, -0.2) is 41.4 Å². The highest BCUT2D eigenvalue weighted by molar-refractivity contribution is 5.83. The largest absolute Gasteiger partial charge is 0.493 e. The molecule has 0 aliphatic heterocycles. The maximum Gasteiger partial charge on any atom is 0.247 e. The Hall–Kier alpha value is -3.35. The first-order valence-corrected chi connectivity index (χ1v) is 9.41. The first kappa shape index (κ1) is 20.4. The molecule has 7 heteroatoms. The summed E-state index contributed by atoms with van der Waals surface area (Å²) in [5, 5.41) is 7.40. The number of methoxy groups -OCH3 is 2. The minimum Gasteiger partial charge on any atom is -0.493 e. The Morgan fingerprint density at radius 1 is 1.10 bits per heavy atom. The van der Waals surface area contributed by atoms with Crippen LogP contribution in [0, 0.1) is 0 Å². The summed E-state index contributed by atoms with van der Waals surface area (Å²) in [6, 6.07) is 11.4. The van der Waals surface area contributed by atoms with Crippen LogP contribution in [0.2, 0.25) is 0 Å². The van der Waals surface area contributed by atoms with Crippen LogP contribution in [0.4, 0.5) is 0 Å². The van der Waals surface area contributed by atoms with Crippen LogP contribution >= 0.6 is 0 Å². The molecule has 3 rings (SSSR count). The highest BCUT2D eigenvalue weighted by atomic mass is 16.5. The van der Waals surface area contributed by atoms with Gasteiger partial charge in [0, 0.05) is 36.6 Å². The third-order valence-corrected chi connectivity index (χ3v) is 4.82. The maximum absolute atomic E-state index is 12.8. The van der Waals surface area contributed by atoms with Gasteiger partial charge in [0.2, 0.25) is 5.91 Å². The summed E-state index contributed by atoms with van der Waals surface area (Å²) in [6.45, 7) is 4.20. The van der Waals surface area contributed by atoms with Gasteiger partial charge in [-0.2, -0.15) is 5.10 Å². The fourth-order valence-corrected chi connectivity index (χ4v) is 2.96. The van der Waals surface area contributed by atoms with Crippen molar-refractivity contribution >= 4 is 5.91 Å². The van der Waals surface area contributed by atoms with Gasteiger partial charge < -0.3 is 14.8 Å². The average Bonchev–Trinajstić information content (AvgIpc) is 3.25. The number of benzene rings is 1. The molecule has 1 amide bonds. The molecule has 0 fully saturated rings. The number of nitrogens with one attached hydrogen (secondary N) is 1. The number of aromatic nitrogens is 3. The summed E-state index contributed by atoms with van der Waals surface area (Å²) in [4.78, 5) is 17.0. The highest BCUT2D eigenvalue weighted by Gasteiger charge is 2.30. The second kappa shape index (κ2) is 8.77. The van der Waals surface area contributed by atoms with Gasteiger partial charge in [0.15, 0.2) is 11.5 Å². The number of hydrogen-bond donors (Lipinski definition) is 1.